The van der Waals surface area contributed by atoms with E-state index in [0.29, 0.717) is 46.2 Å². The van der Waals surface area contributed by atoms with Crippen LogP contribution in [0.2, 0.25) is 0 Å². The molecule has 0 aliphatic carbocycles. The second-order valence-corrected chi connectivity index (χ2v) is 5.93. The third kappa shape index (κ3) is 6.99. The van der Waals surface area contributed by atoms with Crippen LogP contribution in [0.5, 0.6) is 0 Å². The van der Waals surface area contributed by atoms with Crippen molar-refractivity contribution >= 4 is 0 Å². The van der Waals surface area contributed by atoms with Crippen molar-refractivity contribution in [2.45, 2.75) is 33.3 Å². The highest BCUT2D eigenvalue weighted by atomic mass is 16.6. The molecule has 0 spiro atoms. The Labute approximate surface area is 105 Å². The molecule has 0 bridgehead atoms. The first-order valence-corrected chi connectivity index (χ1v) is 6.29. The summed E-state index contributed by atoms with van der Waals surface area (Å²) in [5.74, 6) is 0. The van der Waals surface area contributed by atoms with E-state index in [9.17, 15) is 0 Å². The second kappa shape index (κ2) is 6.69. The summed E-state index contributed by atoms with van der Waals surface area (Å²) < 4.78 is 22.4. The van der Waals surface area contributed by atoms with E-state index >= 15 is 0 Å². The Kier molecular flexibility index (Phi) is 5.86. The normalized spacial score (nSPS) is 27.5. The molecular weight excluding hydrogens is 220 g/mol. The molecule has 1 fully saturated rings. The third-order valence-corrected chi connectivity index (χ3v) is 2.54. The van der Waals surface area contributed by atoms with Gasteiger partial charge in [-0.1, -0.05) is 13.8 Å². The largest absolute Gasteiger partial charge is 0.378 e. The van der Waals surface area contributed by atoms with Gasteiger partial charge in [-0.05, 0) is 13.8 Å². The van der Waals surface area contributed by atoms with Crippen LogP contribution in [0.25, 0.3) is 0 Å². The minimum absolute atomic E-state index is 0.0192. The van der Waals surface area contributed by atoms with E-state index in [1.165, 1.54) is 0 Å². The van der Waals surface area contributed by atoms with Crippen LogP contribution in [0.3, 0.4) is 0 Å². The van der Waals surface area contributed by atoms with E-state index in [1.807, 2.05) is 13.8 Å². The molecular formula is C13H26O4. The van der Waals surface area contributed by atoms with Crippen LogP contribution in [0.15, 0.2) is 0 Å². The Hall–Kier alpha value is -0.160. The van der Waals surface area contributed by atoms with Gasteiger partial charge in [-0.15, -0.1) is 0 Å². The van der Waals surface area contributed by atoms with Crippen molar-refractivity contribution in [2.24, 2.45) is 5.41 Å². The molecule has 4 nitrogen and oxygen atoms in total. The molecule has 102 valence electrons. The molecule has 0 atom stereocenters. The predicted molar refractivity (Wildman–Crippen MR) is 66.3 cm³/mol. The summed E-state index contributed by atoms with van der Waals surface area (Å²) in [6.07, 6.45) is 0. The molecule has 0 aromatic rings. The van der Waals surface area contributed by atoms with Gasteiger partial charge in [0.25, 0.3) is 0 Å². The Bertz CT molecular complexity index is 191. The summed E-state index contributed by atoms with van der Waals surface area (Å²) in [5.41, 5.74) is -0.239. The van der Waals surface area contributed by atoms with Crippen LogP contribution in [-0.2, 0) is 18.9 Å². The van der Waals surface area contributed by atoms with Crippen LogP contribution in [0.1, 0.15) is 27.7 Å². The van der Waals surface area contributed by atoms with Gasteiger partial charge in [0.2, 0.25) is 0 Å². The Morgan fingerprint density at radius 1 is 0.647 bits per heavy atom. The Balaban J connectivity index is 2.47. The highest BCUT2D eigenvalue weighted by Gasteiger charge is 2.25. The molecule has 0 radical (unpaired) electrons. The molecule has 1 rings (SSSR count). The summed E-state index contributed by atoms with van der Waals surface area (Å²) >= 11 is 0. The zero-order chi connectivity index (χ0) is 12.8. The zero-order valence-electron chi connectivity index (χ0n) is 11.6. The first-order valence-electron chi connectivity index (χ1n) is 6.29. The maximum Gasteiger partial charge on any atom is 0.0859 e. The van der Waals surface area contributed by atoms with Crippen LogP contribution in [0, 0.1) is 5.41 Å². The Morgan fingerprint density at radius 3 is 1.82 bits per heavy atom. The van der Waals surface area contributed by atoms with Crippen molar-refractivity contribution in [1.29, 1.82) is 0 Å². The fourth-order valence-corrected chi connectivity index (χ4v) is 1.48. The lowest BCUT2D eigenvalue weighted by Crippen LogP contribution is -2.36. The van der Waals surface area contributed by atoms with E-state index in [-0.39, 0.29) is 11.0 Å². The molecule has 0 amide bonds. The van der Waals surface area contributed by atoms with E-state index in [1.54, 1.807) is 0 Å². The summed E-state index contributed by atoms with van der Waals surface area (Å²) in [6, 6.07) is 0. The molecule has 1 aliphatic heterocycles. The predicted octanol–water partition coefficient (Wildman–Crippen LogP) is 1.87. The van der Waals surface area contributed by atoms with Crippen LogP contribution in [0.4, 0.5) is 0 Å². The maximum absolute atomic E-state index is 5.91. The fourth-order valence-electron chi connectivity index (χ4n) is 1.48. The smallest absolute Gasteiger partial charge is 0.0859 e. The van der Waals surface area contributed by atoms with Crippen molar-refractivity contribution in [2.75, 3.05) is 46.2 Å². The summed E-state index contributed by atoms with van der Waals surface area (Å²) in [4.78, 5) is 0. The van der Waals surface area contributed by atoms with Gasteiger partial charge in [0.1, 0.15) is 0 Å². The van der Waals surface area contributed by atoms with Gasteiger partial charge in [-0.25, -0.2) is 0 Å². The summed E-state index contributed by atoms with van der Waals surface area (Å²) in [6.45, 7) is 12.8. The lowest BCUT2D eigenvalue weighted by Gasteiger charge is -2.31. The van der Waals surface area contributed by atoms with Crippen LogP contribution in [-0.4, -0.2) is 51.8 Å². The molecule has 1 saturated heterocycles. The van der Waals surface area contributed by atoms with Gasteiger partial charge >= 0.3 is 0 Å². The standard InChI is InChI=1S/C13H26O4/c1-12(2)9-15-7-5-14-6-8-16-11-13(3,4)17-10-12/h5-11H2,1-4H3. The monoisotopic (exact) mass is 246 g/mol. The molecule has 1 heterocycles. The lowest BCUT2D eigenvalue weighted by molar-refractivity contribution is -0.108. The highest BCUT2D eigenvalue weighted by Crippen LogP contribution is 2.20. The van der Waals surface area contributed by atoms with Gasteiger partial charge in [-0.3, -0.25) is 0 Å². The first-order chi connectivity index (χ1) is 7.91. The first kappa shape index (κ1) is 14.9. The summed E-state index contributed by atoms with van der Waals surface area (Å²) in [5, 5.41) is 0. The average molecular weight is 246 g/mol. The summed E-state index contributed by atoms with van der Waals surface area (Å²) in [7, 11) is 0. The molecule has 1 aliphatic rings. The number of hydrogen-bond donors (Lipinski definition) is 0. The maximum atomic E-state index is 5.91. The Morgan fingerprint density at radius 2 is 1.18 bits per heavy atom. The third-order valence-electron chi connectivity index (χ3n) is 2.54. The van der Waals surface area contributed by atoms with E-state index < -0.39 is 0 Å². The van der Waals surface area contributed by atoms with E-state index in [2.05, 4.69) is 13.8 Å². The molecule has 17 heavy (non-hydrogen) atoms. The topological polar surface area (TPSA) is 36.9 Å². The molecule has 0 unspecified atom stereocenters. The number of ether oxygens (including phenoxy) is 4. The van der Waals surface area contributed by atoms with Crippen molar-refractivity contribution < 1.29 is 18.9 Å². The van der Waals surface area contributed by atoms with Gasteiger partial charge in [0.05, 0.1) is 51.8 Å². The lowest BCUT2D eigenvalue weighted by atomic mass is 9.96. The second-order valence-electron chi connectivity index (χ2n) is 5.93. The van der Waals surface area contributed by atoms with Crippen molar-refractivity contribution in [1.82, 2.24) is 0 Å². The minimum Gasteiger partial charge on any atom is -0.378 e. The van der Waals surface area contributed by atoms with Crippen LogP contribution < -0.4 is 0 Å². The SMILES string of the molecule is CC1(C)COCCOCCOCC(C)(C)OC1. The number of hydrogen-bond acceptors (Lipinski definition) is 4. The van der Waals surface area contributed by atoms with Crippen molar-refractivity contribution in [3.05, 3.63) is 0 Å². The minimum atomic E-state index is -0.259. The van der Waals surface area contributed by atoms with E-state index in [4.69, 9.17) is 18.9 Å². The zero-order valence-corrected chi connectivity index (χ0v) is 11.6. The molecule has 0 N–H and O–H groups in total. The quantitative estimate of drug-likeness (QED) is 0.654. The van der Waals surface area contributed by atoms with Crippen molar-refractivity contribution in [3.8, 4) is 0 Å². The highest BCUT2D eigenvalue weighted by molar-refractivity contribution is 4.73. The van der Waals surface area contributed by atoms with Crippen LogP contribution >= 0.6 is 0 Å². The van der Waals surface area contributed by atoms with Gasteiger partial charge in [-0.2, -0.15) is 0 Å². The van der Waals surface area contributed by atoms with E-state index in [0.717, 1.165) is 0 Å². The van der Waals surface area contributed by atoms with Gasteiger partial charge < -0.3 is 18.9 Å². The molecule has 0 aromatic heterocycles. The average Bonchev–Trinajstić information content (AvgIpc) is 2.24. The fraction of sp³-hybridized carbons (Fsp3) is 1.00. The molecule has 0 saturated carbocycles. The molecule has 4 heteroatoms. The molecule has 0 aromatic carbocycles. The number of rotatable bonds is 0. The van der Waals surface area contributed by atoms with Gasteiger partial charge in [0, 0.05) is 5.41 Å². The van der Waals surface area contributed by atoms with Gasteiger partial charge in [0.15, 0.2) is 0 Å². The van der Waals surface area contributed by atoms with Crippen molar-refractivity contribution in [3.63, 3.8) is 0 Å².